The molecular weight excluding hydrogens is 414 g/mol. The number of carbonyl (C=O) groups is 2. The number of nitrogens with zero attached hydrogens (tertiary/aromatic N) is 3. The zero-order valence-electron chi connectivity index (χ0n) is 18.6. The van der Waals surface area contributed by atoms with E-state index >= 15 is 0 Å². The Bertz CT molecular complexity index is 1240. The maximum absolute atomic E-state index is 12.4. The van der Waals surface area contributed by atoms with E-state index in [1.165, 1.54) is 0 Å². The van der Waals surface area contributed by atoms with Crippen molar-refractivity contribution in [2.24, 2.45) is 0 Å². The van der Waals surface area contributed by atoms with Crippen molar-refractivity contribution in [1.29, 1.82) is 0 Å². The number of fused-ring (bicyclic) bond motifs is 1. The van der Waals surface area contributed by atoms with Crippen LogP contribution < -0.4 is 10.6 Å². The number of hydrogen-bond acceptors (Lipinski definition) is 4. The van der Waals surface area contributed by atoms with Crippen molar-refractivity contribution < 1.29 is 9.59 Å². The first-order chi connectivity index (χ1) is 16.1. The molecule has 0 aliphatic carbocycles. The summed E-state index contributed by atoms with van der Waals surface area (Å²) < 4.78 is 1.81. The summed E-state index contributed by atoms with van der Waals surface area (Å²) in [5, 5.41) is 11.3. The molecule has 0 fully saturated rings. The van der Waals surface area contributed by atoms with E-state index in [2.05, 4.69) is 20.7 Å². The molecule has 2 N–H and O–H groups in total. The molecular formula is C26H27N5O2. The summed E-state index contributed by atoms with van der Waals surface area (Å²) in [5.41, 5.74) is 3.88. The van der Waals surface area contributed by atoms with Crippen molar-refractivity contribution in [1.82, 2.24) is 20.1 Å². The standard InChI is InChI=1S/C26H27N5O2/c1-19-23-17-21(18-28-25(23)31(30-19)22-13-7-3-8-14-22)29-24(32)15-9-4-10-16-27-26(33)20-11-5-2-6-12-20/h2-3,5-8,11-14,17-18H,4,9-10,15-16H2,1H3,(H,27,33)(H,29,32). The molecule has 0 bridgehead atoms. The minimum Gasteiger partial charge on any atom is -0.352 e. The summed E-state index contributed by atoms with van der Waals surface area (Å²) in [6.07, 6.45) is 4.54. The Balaban J connectivity index is 1.24. The monoisotopic (exact) mass is 441 g/mol. The predicted molar refractivity (Wildman–Crippen MR) is 129 cm³/mol. The highest BCUT2D eigenvalue weighted by Crippen LogP contribution is 2.23. The zero-order chi connectivity index (χ0) is 23.0. The average Bonchev–Trinajstić information content (AvgIpc) is 3.18. The van der Waals surface area contributed by atoms with Gasteiger partial charge in [0.25, 0.3) is 5.91 Å². The fraction of sp³-hybridized carbons (Fsp3) is 0.231. The number of para-hydroxylation sites is 1. The molecule has 4 rings (SSSR count). The lowest BCUT2D eigenvalue weighted by Gasteiger charge is -2.07. The summed E-state index contributed by atoms with van der Waals surface area (Å²) in [6, 6.07) is 20.9. The SMILES string of the molecule is Cc1nn(-c2ccccc2)c2ncc(NC(=O)CCCCCNC(=O)c3ccccc3)cc12. The van der Waals surface area contributed by atoms with Crippen molar-refractivity contribution in [3.05, 3.63) is 84.2 Å². The smallest absolute Gasteiger partial charge is 0.251 e. The number of nitrogens with one attached hydrogen (secondary N) is 2. The van der Waals surface area contributed by atoms with E-state index in [0.717, 1.165) is 41.7 Å². The number of benzene rings is 2. The highest BCUT2D eigenvalue weighted by molar-refractivity contribution is 5.94. The molecule has 0 unspecified atom stereocenters. The van der Waals surface area contributed by atoms with Gasteiger partial charge in [-0.3, -0.25) is 9.59 Å². The van der Waals surface area contributed by atoms with Gasteiger partial charge >= 0.3 is 0 Å². The molecule has 7 heteroatoms. The molecule has 0 spiro atoms. The first-order valence-electron chi connectivity index (χ1n) is 11.2. The zero-order valence-corrected chi connectivity index (χ0v) is 18.6. The van der Waals surface area contributed by atoms with Crippen LogP contribution in [0.15, 0.2) is 72.9 Å². The van der Waals surface area contributed by atoms with E-state index in [-0.39, 0.29) is 11.8 Å². The highest BCUT2D eigenvalue weighted by Gasteiger charge is 2.12. The van der Waals surface area contributed by atoms with Crippen LogP contribution in [0, 0.1) is 6.92 Å². The predicted octanol–water partition coefficient (Wildman–Crippen LogP) is 4.66. The number of rotatable bonds is 9. The molecule has 7 nitrogen and oxygen atoms in total. The lowest BCUT2D eigenvalue weighted by atomic mass is 10.1. The minimum absolute atomic E-state index is 0.0439. The van der Waals surface area contributed by atoms with Gasteiger partial charge in [-0.1, -0.05) is 42.8 Å². The number of hydrogen-bond donors (Lipinski definition) is 2. The Morgan fingerprint density at radius 2 is 1.67 bits per heavy atom. The van der Waals surface area contributed by atoms with Crippen molar-refractivity contribution in [2.45, 2.75) is 32.6 Å². The van der Waals surface area contributed by atoms with Gasteiger partial charge in [-0.2, -0.15) is 5.10 Å². The van der Waals surface area contributed by atoms with Gasteiger partial charge < -0.3 is 10.6 Å². The largest absolute Gasteiger partial charge is 0.352 e. The van der Waals surface area contributed by atoms with Crippen molar-refractivity contribution in [3.63, 3.8) is 0 Å². The molecule has 4 aromatic rings. The van der Waals surface area contributed by atoms with Gasteiger partial charge in [0.05, 0.1) is 23.3 Å². The Kier molecular flexibility index (Phi) is 7.09. The molecule has 2 aromatic heterocycles. The second kappa shape index (κ2) is 10.5. The molecule has 0 radical (unpaired) electrons. The molecule has 0 saturated heterocycles. The van der Waals surface area contributed by atoms with Crippen molar-refractivity contribution in [2.75, 3.05) is 11.9 Å². The Morgan fingerprint density at radius 1 is 0.939 bits per heavy atom. The van der Waals surface area contributed by atoms with Crippen LogP contribution in [0.3, 0.4) is 0 Å². The lowest BCUT2D eigenvalue weighted by molar-refractivity contribution is -0.116. The average molecular weight is 442 g/mol. The molecule has 0 saturated carbocycles. The minimum atomic E-state index is -0.0675. The summed E-state index contributed by atoms with van der Waals surface area (Å²) in [7, 11) is 0. The molecule has 2 amide bonds. The van der Waals surface area contributed by atoms with Crippen LogP contribution in [0.4, 0.5) is 5.69 Å². The second-order valence-corrected chi connectivity index (χ2v) is 7.91. The van der Waals surface area contributed by atoms with Crippen LogP contribution >= 0.6 is 0 Å². The Morgan fingerprint density at radius 3 is 2.42 bits per heavy atom. The van der Waals surface area contributed by atoms with Gasteiger partial charge in [-0.25, -0.2) is 9.67 Å². The maximum Gasteiger partial charge on any atom is 0.251 e. The number of carbonyl (C=O) groups excluding carboxylic acids is 2. The maximum atomic E-state index is 12.4. The summed E-state index contributed by atoms with van der Waals surface area (Å²) in [5.74, 6) is -0.111. The Labute approximate surface area is 192 Å². The molecule has 0 aliphatic rings. The van der Waals surface area contributed by atoms with Gasteiger partial charge in [-0.15, -0.1) is 0 Å². The number of aromatic nitrogens is 3. The van der Waals surface area contributed by atoms with Gasteiger partial charge in [-0.05, 0) is 50.1 Å². The van der Waals surface area contributed by atoms with Gasteiger partial charge in [0.1, 0.15) is 0 Å². The molecule has 0 aliphatic heterocycles. The van der Waals surface area contributed by atoms with Gasteiger partial charge in [0.2, 0.25) is 5.91 Å². The molecule has 168 valence electrons. The van der Waals surface area contributed by atoms with Crippen LogP contribution in [-0.4, -0.2) is 33.1 Å². The number of aryl methyl sites for hydroxylation is 1. The van der Waals surface area contributed by atoms with E-state index in [1.807, 2.05) is 66.2 Å². The lowest BCUT2D eigenvalue weighted by Crippen LogP contribution is -2.24. The van der Waals surface area contributed by atoms with E-state index in [4.69, 9.17) is 0 Å². The van der Waals surface area contributed by atoms with E-state index in [1.54, 1.807) is 18.3 Å². The third kappa shape index (κ3) is 5.63. The summed E-state index contributed by atoms with van der Waals surface area (Å²) in [6.45, 7) is 2.53. The van der Waals surface area contributed by atoms with Crippen LogP contribution in [0.5, 0.6) is 0 Å². The topological polar surface area (TPSA) is 88.9 Å². The first-order valence-corrected chi connectivity index (χ1v) is 11.2. The fourth-order valence-corrected chi connectivity index (χ4v) is 3.67. The van der Waals surface area contributed by atoms with Gasteiger partial charge in [0.15, 0.2) is 5.65 Å². The molecule has 2 heterocycles. The van der Waals surface area contributed by atoms with Gasteiger partial charge in [0, 0.05) is 23.9 Å². The number of unbranched alkanes of at least 4 members (excludes halogenated alkanes) is 2. The summed E-state index contributed by atoms with van der Waals surface area (Å²) >= 11 is 0. The van der Waals surface area contributed by atoms with Crippen LogP contribution in [0.2, 0.25) is 0 Å². The molecule has 33 heavy (non-hydrogen) atoms. The normalized spacial score (nSPS) is 10.8. The Hall–Kier alpha value is -4.00. The summed E-state index contributed by atoms with van der Waals surface area (Å²) in [4.78, 5) is 28.9. The molecule has 2 aromatic carbocycles. The fourth-order valence-electron chi connectivity index (χ4n) is 3.67. The van der Waals surface area contributed by atoms with Crippen LogP contribution in [0.25, 0.3) is 16.7 Å². The van der Waals surface area contributed by atoms with Crippen molar-refractivity contribution >= 4 is 28.5 Å². The molecule has 0 atom stereocenters. The number of pyridine rings is 1. The highest BCUT2D eigenvalue weighted by atomic mass is 16.2. The third-order valence-electron chi connectivity index (χ3n) is 5.39. The van der Waals surface area contributed by atoms with E-state index in [9.17, 15) is 9.59 Å². The van der Waals surface area contributed by atoms with Crippen LogP contribution in [-0.2, 0) is 4.79 Å². The van der Waals surface area contributed by atoms with Crippen LogP contribution in [0.1, 0.15) is 41.7 Å². The first kappa shape index (κ1) is 22.2. The number of amides is 2. The second-order valence-electron chi connectivity index (χ2n) is 7.91. The third-order valence-corrected chi connectivity index (χ3v) is 5.39. The number of anilines is 1. The van der Waals surface area contributed by atoms with E-state index < -0.39 is 0 Å². The van der Waals surface area contributed by atoms with Crippen molar-refractivity contribution in [3.8, 4) is 5.69 Å². The quantitative estimate of drug-likeness (QED) is 0.370. The van der Waals surface area contributed by atoms with E-state index in [0.29, 0.717) is 24.2 Å².